The molecular weight excluding hydrogens is 248 g/mol. The van der Waals surface area contributed by atoms with Gasteiger partial charge in [0.2, 0.25) is 0 Å². The number of anilines is 1. The van der Waals surface area contributed by atoms with Gasteiger partial charge in [-0.3, -0.25) is 4.79 Å². The first-order chi connectivity index (χ1) is 9.65. The highest BCUT2D eigenvalue weighted by atomic mass is 16.1. The predicted molar refractivity (Wildman–Crippen MR) is 82.2 cm³/mol. The first-order valence-electron chi connectivity index (χ1n) is 6.60. The van der Waals surface area contributed by atoms with Gasteiger partial charge in [0, 0.05) is 17.3 Å². The summed E-state index contributed by atoms with van der Waals surface area (Å²) < 4.78 is 0. The lowest BCUT2D eigenvalue weighted by atomic mass is 10.1. The number of hydrogen-bond donors (Lipinski definition) is 2. The number of rotatable bonds is 2. The number of benzene rings is 2. The van der Waals surface area contributed by atoms with Gasteiger partial charge in [-0.25, -0.2) is 0 Å². The van der Waals surface area contributed by atoms with Crippen molar-refractivity contribution in [3.63, 3.8) is 0 Å². The van der Waals surface area contributed by atoms with E-state index in [1.165, 1.54) is 0 Å². The van der Waals surface area contributed by atoms with E-state index in [9.17, 15) is 4.79 Å². The van der Waals surface area contributed by atoms with Crippen molar-refractivity contribution < 1.29 is 4.79 Å². The molecule has 0 saturated heterocycles. The van der Waals surface area contributed by atoms with Crippen molar-refractivity contribution in [2.45, 2.75) is 13.8 Å². The molecule has 1 amide bonds. The lowest BCUT2D eigenvalue weighted by Crippen LogP contribution is -2.13. The molecule has 2 N–H and O–H groups in total. The first kappa shape index (κ1) is 12.5. The second-order valence-corrected chi connectivity index (χ2v) is 5.02. The molecule has 1 heterocycles. The van der Waals surface area contributed by atoms with Gasteiger partial charge in [-0.15, -0.1) is 0 Å². The van der Waals surface area contributed by atoms with E-state index in [1.807, 2.05) is 62.5 Å². The minimum absolute atomic E-state index is 0.0910. The van der Waals surface area contributed by atoms with Crippen LogP contribution in [-0.4, -0.2) is 10.9 Å². The predicted octanol–water partition coefficient (Wildman–Crippen LogP) is 4.04. The van der Waals surface area contributed by atoms with E-state index in [4.69, 9.17) is 0 Å². The molecule has 3 aromatic rings. The van der Waals surface area contributed by atoms with Crippen molar-refractivity contribution in [3.8, 4) is 0 Å². The summed E-state index contributed by atoms with van der Waals surface area (Å²) in [6, 6.07) is 13.7. The highest BCUT2D eigenvalue weighted by molar-refractivity contribution is 6.12. The molecule has 0 saturated carbocycles. The van der Waals surface area contributed by atoms with Crippen molar-refractivity contribution >= 4 is 22.5 Å². The van der Waals surface area contributed by atoms with Crippen LogP contribution < -0.4 is 5.32 Å². The van der Waals surface area contributed by atoms with Crippen molar-refractivity contribution in [1.82, 2.24) is 4.98 Å². The van der Waals surface area contributed by atoms with Gasteiger partial charge < -0.3 is 10.3 Å². The molecule has 0 aliphatic rings. The van der Waals surface area contributed by atoms with Crippen LogP contribution in [0.25, 0.3) is 10.9 Å². The molecule has 100 valence electrons. The zero-order chi connectivity index (χ0) is 14.1. The number of aryl methyl sites for hydroxylation is 2. The molecular formula is C17H16N2O. The van der Waals surface area contributed by atoms with Crippen LogP contribution >= 0.6 is 0 Å². The van der Waals surface area contributed by atoms with Crippen LogP contribution in [0, 0.1) is 13.8 Å². The van der Waals surface area contributed by atoms with Gasteiger partial charge in [-0.05, 0) is 43.2 Å². The zero-order valence-electron chi connectivity index (χ0n) is 11.5. The van der Waals surface area contributed by atoms with Crippen molar-refractivity contribution in [2.24, 2.45) is 0 Å². The quantitative estimate of drug-likeness (QED) is 0.721. The molecule has 0 bridgehead atoms. The van der Waals surface area contributed by atoms with E-state index in [0.29, 0.717) is 5.56 Å². The first-order valence-corrected chi connectivity index (χ1v) is 6.60. The maximum absolute atomic E-state index is 12.5. The fraction of sp³-hybridized carbons (Fsp3) is 0.118. The Morgan fingerprint density at radius 3 is 2.80 bits per heavy atom. The Morgan fingerprint density at radius 1 is 1.10 bits per heavy atom. The van der Waals surface area contributed by atoms with E-state index in [1.54, 1.807) is 0 Å². The minimum atomic E-state index is -0.0910. The van der Waals surface area contributed by atoms with Crippen molar-refractivity contribution in [1.29, 1.82) is 0 Å². The minimum Gasteiger partial charge on any atom is -0.361 e. The van der Waals surface area contributed by atoms with Crippen LogP contribution in [0.15, 0.2) is 48.7 Å². The molecule has 1 aromatic heterocycles. The summed E-state index contributed by atoms with van der Waals surface area (Å²) in [5.74, 6) is -0.0910. The van der Waals surface area contributed by atoms with Crippen LogP contribution in [-0.2, 0) is 0 Å². The number of amides is 1. The Morgan fingerprint density at radius 2 is 1.95 bits per heavy atom. The smallest absolute Gasteiger partial charge is 0.257 e. The third kappa shape index (κ3) is 2.18. The topological polar surface area (TPSA) is 44.9 Å². The van der Waals surface area contributed by atoms with Gasteiger partial charge >= 0.3 is 0 Å². The third-order valence-electron chi connectivity index (χ3n) is 3.47. The van der Waals surface area contributed by atoms with E-state index < -0.39 is 0 Å². The maximum atomic E-state index is 12.5. The van der Waals surface area contributed by atoms with E-state index in [0.717, 1.165) is 27.7 Å². The Kier molecular flexibility index (Phi) is 3.03. The molecule has 3 nitrogen and oxygen atoms in total. The number of para-hydroxylation sites is 1. The molecule has 0 fully saturated rings. The third-order valence-corrected chi connectivity index (χ3v) is 3.47. The normalized spacial score (nSPS) is 10.7. The molecule has 0 aliphatic carbocycles. The number of fused-ring (bicyclic) bond motifs is 1. The molecule has 0 unspecified atom stereocenters. The molecule has 0 atom stereocenters. The number of carbonyl (C=O) groups is 1. The summed E-state index contributed by atoms with van der Waals surface area (Å²) in [5, 5.41) is 4.03. The van der Waals surface area contributed by atoms with Gasteiger partial charge in [-0.2, -0.15) is 0 Å². The van der Waals surface area contributed by atoms with Gasteiger partial charge in [0.1, 0.15) is 0 Å². The highest BCUT2D eigenvalue weighted by Crippen LogP contribution is 2.21. The van der Waals surface area contributed by atoms with Gasteiger partial charge in [0.05, 0.1) is 11.1 Å². The number of H-pyrrole nitrogens is 1. The summed E-state index contributed by atoms with van der Waals surface area (Å²) in [5.41, 5.74) is 4.58. The Bertz CT molecular complexity index is 787. The van der Waals surface area contributed by atoms with E-state index >= 15 is 0 Å². The molecule has 3 heteroatoms. The number of hydrogen-bond acceptors (Lipinski definition) is 1. The largest absolute Gasteiger partial charge is 0.361 e. The lowest BCUT2D eigenvalue weighted by Gasteiger charge is -2.10. The average Bonchev–Trinajstić information content (AvgIpc) is 2.91. The average molecular weight is 264 g/mol. The van der Waals surface area contributed by atoms with Crippen LogP contribution in [0.4, 0.5) is 5.69 Å². The molecule has 3 rings (SSSR count). The lowest BCUT2D eigenvalue weighted by molar-refractivity contribution is 0.102. The number of aromatic amines is 1. The van der Waals surface area contributed by atoms with Crippen molar-refractivity contribution in [3.05, 3.63) is 65.4 Å². The van der Waals surface area contributed by atoms with Crippen LogP contribution in [0.1, 0.15) is 21.5 Å². The number of aromatic nitrogens is 1. The summed E-state index contributed by atoms with van der Waals surface area (Å²) in [6.45, 7) is 4.01. The van der Waals surface area contributed by atoms with E-state index in [-0.39, 0.29) is 5.91 Å². The molecule has 2 aromatic carbocycles. The SMILES string of the molecule is Cc1ccc(C)c(NC(=O)c2cccc3cc[nH]c23)c1. The Balaban J connectivity index is 1.97. The zero-order valence-corrected chi connectivity index (χ0v) is 11.5. The highest BCUT2D eigenvalue weighted by Gasteiger charge is 2.11. The second kappa shape index (κ2) is 4.85. The summed E-state index contributed by atoms with van der Waals surface area (Å²) in [4.78, 5) is 15.6. The van der Waals surface area contributed by atoms with Crippen LogP contribution in [0.5, 0.6) is 0 Å². The van der Waals surface area contributed by atoms with Crippen LogP contribution in [0.2, 0.25) is 0 Å². The maximum Gasteiger partial charge on any atom is 0.257 e. The molecule has 0 radical (unpaired) electrons. The number of carbonyl (C=O) groups excluding carboxylic acids is 1. The van der Waals surface area contributed by atoms with Gasteiger partial charge in [0.25, 0.3) is 5.91 Å². The Hall–Kier alpha value is -2.55. The Labute approximate surface area is 117 Å². The second-order valence-electron chi connectivity index (χ2n) is 5.02. The van der Waals surface area contributed by atoms with Gasteiger partial charge in [-0.1, -0.05) is 24.3 Å². The van der Waals surface area contributed by atoms with Gasteiger partial charge in [0.15, 0.2) is 0 Å². The van der Waals surface area contributed by atoms with Crippen LogP contribution in [0.3, 0.4) is 0 Å². The molecule has 0 spiro atoms. The summed E-state index contributed by atoms with van der Waals surface area (Å²) >= 11 is 0. The monoisotopic (exact) mass is 264 g/mol. The van der Waals surface area contributed by atoms with E-state index in [2.05, 4.69) is 10.3 Å². The summed E-state index contributed by atoms with van der Waals surface area (Å²) in [7, 11) is 0. The molecule has 20 heavy (non-hydrogen) atoms. The number of nitrogens with one attached hydrogen (secondary N) is 2. The fourth-order valence-corrected chi connectivity index (χ4v) is 2.33. The van der Waals surface area contributed by atoms with Crippen molar-refractivity contribution in [2.75, 3.05) is 5.32 Å². The molecule has 0 aliphatic heterocycles. The standard InChI is InChI=1S/C17H16N2O/c1-11-6-7-12(2)15(10-11)19-17(20)14-5-3-4-13-8-9-18-16(13)14/h3-10,18H,1-2H3,(H,19,20). The fourth-order valence-electron chi connectivity index (χ4n) is 2.33. The summed E-state index contributed by atoms with van der Waals surface area (Å²) in [6.07, 6.45) is 1.85.